The molecular weight excluding hydrogens is 330 g/mol. The first kappa shape index (κ1) is 16.6. The molecule has 0 bridgehead atoms. The zero-order valence-corrected chi connectivity index (χ0v) is 14.7. The molecule has 0 unspecified atom stereocenters. The molecule has 0 fully saturated rings. The summed E-state index contributed by atoms with van der Waals surface area (Å²) in [5.74, 6) is 1.07. The van der Waals surface area contributed by atoms with Gasteiger partial charge in [-0.15, -0.1) is 0 Å². The lowest BCUT2D eigenvalue weighted by Crippen LogP contribution is -2.19. The van der Waals surface area contributed by atoms with E-state index < -0.39 is 5.91 Å². The zero-order chi connectivity index (χ0) is 18.3. The predicted molar refractivity (Wildman–Crippen MR) is 96.9 cm³/mol. The van der Waals surface area contributed by atoms with Crippen molar-refractivity contribution in [2.45, 2.75) is 38.7 Å². The van der Waals surface area contributed by atoms with Crippen molar-refractivity contribution in [1.82, 2.24) is 0 Å². The van der Waals surface area contributed by atoms with Crippen molar-refractivity contribution >= 4 is 11.7 Å². The molecule has 1 aliphatic carbocycles. The highest BCUT2D eigenvalue weighted by Gasteiger charge is 2.26. The van der Waals surface area contributed by atoms with Gasteiger partial charge in [-0.2, -0.15) is 0 Å². The summed E-state index contributed by atoms with van der Waals surface area (Å²) in [6, 6.07) is 9.21. The number of amides is 1. The molecule has 26 heavy (non-hydrogen) atoms. The van der Waals surface area contributed by atoms with Crippen molar-refractivity contribution in [3.63, 3.8) is 0 Å². The number of ether oxygens (including phenoxy) is 2. The molecule has 2 aliphatic rings. The third-order valence-electron chi connectivity index (χ3n) is 5.19. The molecule has 2 aromatic carbocycles. The Bertz CT molecular complexity index is 903. The second kappa shape index (κ2) is 6.48. The first-order valence-corrected chi connectivity index (χ1v) is 8.93. The van der Waals surface area contributed by atoms with Crippen LogP contribution in [0.3, 0.4) is 0 Å². The Balaban J connectivity index is 1.65. The fourth-order valence-corrected chi connectivity index (χ4v) is 3.79. The Morgan fingerprint density at radius 2 is 2.08 bits per heavy atom. The van der Waals surface area contributed by atoms with Crippen molar-refractivity contribution in [1.29, 1.82) is 0 Å². The van der Waals surface area contributed by atoms with Crippen LogP contribution in [0.5, 0.6) is 11.5 Å². The average molecular weight is 351 g/mol. The minimum atomic E-state index is -0.414. The number of fused-ring (bicyclic) bond motifs is 2. The summed E-state index contributed by atoms with van der Waals surface area (Å²) in [6.07, 6.45) is 3.14. The van der Waals surface area contributed by atoms with E-state index in [9.17, 15) is 9.59 Å². The highest BCUT2D eigenvalue weighted by molar-refractivity contribution is 6.00. The molecule has 1 amide bonds. The molecule has 1 atom stereocenters. The van der Waals surface area contributed by atoms with Gasteiger partial charge in [0.15, 0.2) is 5.78 Å². The van der Waals surface area contributed by atoms with Gasteiger partial charge in [0.25, 0.3) is 0 Å². The van der Waals surface area contributed by atoms with Crippen LogP contribution in [-0.2, 0) is 6.42 Å². The summed E-state index contributed by atoms with van der Waals surface area (Å²) in [6.45, 7) is 2.34. The van der Waals surface area contributed by atoms with Crippen molar-refractivity contribution in [2.75, 3.05) is 6.61 Å². The fourth-order valence-electron chi connectivity index (χ4n) is 3.79. The molecule has 5 nitrogen and oxygen atoms in total. The zero-order valence-electron chi connectivity index (χ0n) is 14.7. The fraction of sp³-hybridized carbons (Fsp3) is 0.333. The largest absolute Gasteiger partial charge is 0.492 e. The summed E-state index contributed by atoms with van der Waals surface area (Å²) in [4.78, 5) is 23.4. The lowest BCUT2D eigenvalue weighted by atomic mass is 9.88. The van der Waals surface area contributed by atoms with Crippen LogP contribution in [0.1, 0.15) is 62.8 Å². The molecule has 0 aromatic heterocycles. The number of carbonyl (C=O) groups excluding carboxylic acids is 2. The monoisotopic (exact) mass is 351 g/mol. The number of carbonyl (C=O) groups is 2. The van der Waals surface area contributed by atoms with E-state index >= 15 is 0 Å². The van der Waals surface area contributed by atoms with Crippen LogP contribution in [0, 0.1) is 6.92 Å². The van der Waals surface area contributed by atoms with E-state index in [2.05, 4.69) is 0 Å². The molecule has 2 aromatic rings. The standard InChI is InChI=1S/C21H21NO4/c1-12-18(8-7-16-17(23)9-10-25-20(12)16)26-19-4-2-3-13-11-14(21(22)24)5-6-15(13)19/h5-8,11,19H,2-4,9-10H2,1H3,(H2,22,24)/t19-/m1/s1. The van der Waals surface area contributed by atoms with Gasteiger partial charge < -0.3 is 15.2 Å². The van der Waals surface area contributed by atoms with E-state index in [4.69, 9.17) is 15.2 Å². The van der Waals surface area contributed by atoms with E-state index in [1.165, 1.54) is 0 Å². The Kier molecular flexibility index (Phi) is 4.15. The number of Topliss-reactive ketones (excluding diaryl/α,β-unsaturated/α-hetero) is 1. The maximum atomic E-state index is 12.0. The number of hydrogen-bond acceptors (Lipinski definition) is 4. The Labute approximate surface area is 152 Å². The van der Waals surface area contributed by atoms with Crippen LogP contribution >= 0.6 is 0 Å². The van der Waals surface area contributed by atoms with Gasteiger partial charge in [-0.25, -0.2) is 0 Å². The van der Waals surface area contributed by atoms with E-state index in [-0.39, 0.29) is 11.9 Å². The molecule has 134 valence electrons. The van der Waals surface area contributed by atoms with Crippen LogP contribution in [0.2, 0.25) is 0 Å². The molecule has 4 rings (SSSR count). The third-order valence-corrected chi connectivity index (χ3v) is 5.19. The molecule has 0 radical (unpaired) electrons. The van der Waals surface area contributed by atoms with Gasteiger partial charge in [0.1, 0.15) is 17.6 Å². The molecule has 0 saturated carbocycles. The number of benzene rings is 2. The van der Waals surface area contributed by atoms with Gasteiger partial charge in [0.2, 0.25) is 5.91 Å². The smallest absolute Gasteiger partial charge is 0.248 e. The highest BCUT2D eigenvalue weighted by Crippen LogP contribution is 2.39. The molecule has 1 heterocycles. The summed E-state index contributed by atoms with van der Waals surface area (Å²) < 4.78 is 12.0. The maximum absolute atomic E-state index is 12.0. The third kappa shape index (κ3) is 2.83. The van der Waals surface area contributed by atoms with Crippen molar-refractivity contribution < 1.29 is 19.1 Å². The van der Waals surface area contributed by atoms with Gasteiger partial charge >= 0.3 is 0 Å². The van der Waals surface area contributed by atoms with E-state index in [0.29, 0.717) is 29.9 Å². The summed E-state index contributed by atoms with van der Waals surface area (Å²) in [5.41, 5.74) is 9.62. The maximum Gasteiger partial charge on any atom is 0.248 e. The van der Waals surface area contributed by atoms with Gasteiger partial charge in [0.05, 0.1) is 12.2 Å². The molecule has 5 heteroatoms. The van der Waals surface area contributed by atoms with Crippen LogP contribution in [0.25, 0.3) is 0 Å². The van der Waals surface area contributed by atoms with Crippen LogP contribution in [0.15, 0.2) is 30.3 Å². The molecule has 0 saturated heterocycles. The Morgan fingerprint density at radius 3 is 2.88 bits per heavy atom. The van der Waals surface area contributed by atoms with Gasteiger partial charge in [-0.1, -0.05) is 6.07 Å². The van der Waals surface area contributed by atoms with Crippen LogP contribution in [-0.4, -0.2) is 18.3 Å². The Hall–Kier alpha value is -2.82. The normalized spacial score (nSPS) is 18.5. The summed E-state index contributed by atoms with van der Waals surface area (Å²) in [7, 11) is 0. The van der Waals surface area contributed by atoms with Crippen LogP contribution < -0.4 is 15.2 Å². The lowest BCUT2D eigenvalue weighted by Gasteiger charge is -2.28. The molecule has 2 N–H and O–H groups in total. The molecule has 0 spiro atoms. The van der Waals surface area contributed by atoms with E-state index in [1.807, 2.05) is 25.1 Å². The van der Waals surface area contributed by atoms with Crippen LogP contribution in [0.4, 0.5) is 0 Å². The SMILES string of the molecule is Cc1c(O[C@@H]2CCCc3cc(C(N)=O)ccc32)ccc2c1OCCC2=O. The van der Waals surface area contributed by atoms with E-state index in [0.717, 1.165) is 41.7 Å². The average Bonchev–Trinajstić information content (AvgIpc) is 2.64. The molecular formula is C21H21NO4. The minimum Gasteiger partial charge on any atom is -0.492 e. The van der Waals surface area contributed by atoms with Crippen molar-refractivity contribution in [2.24, 2.45) is 5.73 Å². The van der Waals surface area contributed by atoms with Gasteiger partial charge in [0, 0.05) is 17.5 Å². The highest BCUT2D eigenvalue weighted by atomic mass is 16.5. The van der Waals surface area contributed by atoms with E-state index in [1.54, 1.807) is 12.1 Å². The van der Waals surface area contributed by atoms with Crippen molar-refractivity contribution in [3.8, 4) is 11.5 Å². The number of primary amides is 1. The second-order valence-electron chi connectivity index (χ2n) is 6.86. The first-order chi connectivity index (χ1) is 12.5. The lowest BCUT2D eigenvalue weighted by molar-refractivity contribution is 0.0930. The van der Waals surface area contributed by atoms with Gasteiger partial charge in [-0.05, 0) is 61.6 Å². The quantitative estimate of drug-likeness (QED) is 0.918. The number of rotatable bonds is 3. The number of ketones is 1. The number of nitrogens with two attached hydrogens (primary N) is 1. The Morgan fingerprint density at radius 1 is 1.23 bits per heavy atom. The second-order valence-corrected chi connectivity index (χ2v) is 6.86. The van der Waals surface area contributed by atoms with Crippen molar-refractivity contribution in [3.05, 3.63) is 58.1 Å². The molecule has 1 aliphatic heterocycles. The topological polar surface area (TPSA) is 78.6 Å². The minimum absolute atomic E-state index is 0.0864. The number of aryl methyl sites for hydroxylation is 1. The summed E-state index contributed by atoms with van der Waals surface area (Å²) in [5, 5.41) is 0. The first-order valence-electron chi connectivity index (χ1n) is 8.93. The summed E-state index contributed by atoms with van der Waals surface area (Å²) >= 11 is 0. The predicted octanol–water partition coefficient (Wildman–Crippen LogP) is 3.52. The van der Waals surface area contributed by atoms with Gasteiger partial charge in [-0.3, -0.25) is 9.59 Å². The number of hydrogen-bond donors (Lipinski definition) is 1.